The molecule has 0 spiro atoms. The van der Waals surface area contributed by atoms with E-state index in [4.69, 9.17) is 16.7 Å². The maximum atomic E-state index is 9.10. The Morgan fingerprint density at radius 2 is 2.55 bits per heavy atom. The molecule has 1 rings (SSSR count). The number of thiazole rings is 1. The Balaban J connectivity index is 2.23. The molecular weight excluding hydrogens is 182 g/mol. The third-order valence-electron chi connectivity index (χ3n) is 1.35. The summed E-state index contributed by atoms with van der Waals surface area (Å²) >= 11 is 7.04. The molecule has 0 radical (unpaired) electrons. The van der Waals surface area contributed by atoms with Gasteiger partial charge < -0.3 is 5.11 Å². The van der Waals surface area contributed by atoms with E-state index in [1.54, 1.807) is 17.5 Å². The highest BCUT2D eigenvalue weighted by Gasteiger charge is 2.03. The van der Waals surface area contributed by atoms with Crippen molar-refractivity contribution >= 4 is 22.9 Å². The first-order valence-electron chi connectivity index (χ1n) is 3.45. The number of aryl methyl sites for hydroxylation is 1. The van der Waals surface area contributed by atoms with E-state index >= 15 is 0 Å². The summed E-state index contributed by atoms with van der Waals surface area (Å²) in [6, 6.07) is 0. The number of aliphatic hydroxyl groups is 1. The highest BCUT2D eigenvalue weighted by atomic mass is 35.5. The van der Waals surface area contributed by atoms with Gasteiger partial charge in [0.1, 0.15) is 0 Å². The molecule has 1 heterocycles. The quantitative estimate of drug-likeness (QED) is 0.735. The summed E-state index contributed by atoms with van der Waals surface area (Å²) in [6.45, 7) is 0. The van der Waals surface area contributed by atoms with Crippen LogP contribution in [0.2, 0.25) is 0 Å². The largest absolute Gasteiger partial charge is 0.392 e. The van der Waals surface area contributed by atoms with E-state index in [-0.39, 0.29) is 6.10 Å². The SMILES string of the molecule is OC(CCl)CCc1nccs1. The molecular formula is C7H10ClNOS. The molecule has 1 aromatic heterocycles. The van der Waals surface area contributed by atoms with Crippen LogP contribution in [0.15, 0.2) is 11.6 Å². The lowest BCUT2D eigenvalue weighted by Crippen LogP contribution is -2.08. The highest BCUT2D eigenvalue weighted by Crippen LogP contribution is 2.08. The molecule has 11 heavy (non-hydrogen) atoms. The maximum Gasteiger partial charge on any atom is 0.0925 e. The zero-order chi connectivity index (χ0) is 8.10. The van der Waals surface area contributed by atoms with Crippen molar-refractivity contribution in [1.82, 2.24) is 4.98 Å². The van der Waals surface area contributed by atoms with Gasteiger partial charge in [0.25, 0.3) is 0 Å². The van der Waals surface area contributed by atoms with Gasteiger partial charge in [-0.25, -0.2) is 4.98 Å². The molecule has 0 aliphatic rings. The van der Waals surface area contributed by atoms with Gasteiger partial charge in [-0.15, -0.1) is 22.9 Å². The fraction of sp³-hybridized carbons (Fsp3) is 0.571. The number of aromatic nitrogens is 1. The minimum absolute atomic E-state index is 0.311. The van der Waals surface area contributed by atoms with E-state index in [0.29, 0.717) is 12.3 Å². The van der Waals surface area contributed by atoms with E-state index in [1.165, 1.54) is 0 Å². The van der Waals surface area contributed by atoms with Crippen LogP contribution in [0, 0.1) is 0 Å². The molecule has 0 amide bonds. The van der Waals surface area contributed by atoms with E-state index in [2.05, 4.69) is 4.98 Å². The van der Waals surface area contributed by atoms with Gasteiger partial charge in [-0.1, -0.05) is 0 Å². The molecule has 1 unspecified atom stereocenters. The van der Waals surface area contributed by atoms with Crippen molar-refractivity contribution in [2.24, 2.45) is 0 Å². The van der Waals surface area contributed by atoms with Crippen molar-refractivity contribution in [1.29, 1.82) is 0 Å². The normalized spacial score (nSPS) is 13.3. The Bertz CT molecular complexity index is 190. The van der Waals surface area contributed by atoms with Gasteiger partial charge in [0, 0.05) is 23.9 Å². The van der Waals surface area contributed by atoms with E-state index in [9.17, 15) is 0 Å². The molecule has 0 aliphatic carbocycles. The van der Waals surface area contributed by atoms with Crippen LogP contribution in [0.1, 0.15) is 11.4 Å². The van der Waals surface area contributed by atoms with Crippen LogP contribution in [0.4, 0.5) is 0 Å². The van der Waals surface area contributed by atoms with E-state index in [0.717, 1.165) is 11.4 Å². The van der Waals surface area contributed by atoms with E-state index < -0.39 is 0 Å². The summed E-state index contributed by atoms with van der Waals surface area (Å²) in [5.74, 6) is 0.311. The summed E-state index contributed by atoms with van der Waals surface area (Å²) in [4.78, 5) is 4.09. The summed E-state index contributed by atoms with van der Waals surface area (Å²) < 4.78 is 0. The number of rotatable bonds is 4. The Labute approximate surface area is 74.8 Å². The number of nitrogens with zero attached hydrogens (tertiary/aromatic N) is 1. The standard InChI is InChI=1S/C7H10ClNOS/c8-5-6(10)1-2-7-9-3-4-11-7/h3-4,6,10H,1-2,5H2. The molecule has 2 nitrogen and oxygen atoms in total. The Kier molecular flexibility index (Phi) is 3.83. The van der Waals surface area contributed by atoms with E-state index in [1.807, 2.05) is 5.38 Å². The van der Waals surface area contributed by atoms with Crippen molar-refractivity contribution in [2.45, 2.75) is 18.9 Å². The predicted molar refractivity (Wildman–Crippen MR) is 47.2 cm³/mol. The van der Waals surface area contributed by atoms with Crippen LogP contribution < -0.4 is 0 Å². The van der Waals surface area contributed by atoms with Crippen LogP contribution in [0.25, 0.3) is 0 Å². The topological polar surface area (TPSA) is 33.1 Å². The van der Waals surface area contributed by atoms with Gasteiger partial charge >= 0.3 is 0 Å². The molecule has 1 atom stereocenters. The Hall–Kier alpha value is -0.120. The second-order valence-electron chi connectivity index (χ2n) is 2.27. The summed E-state index contributed by atoms with van der Waals surface area (Å²) in [5.41, 5.74) is 0. The number of alkyl halides is 1. The zero-order valence-corrected chi connectivity index (χ0v) is 7.61. The second-order valence-corrected chi connectivity index (χ2v) is 3.56. The van der Waals surface area contributed by atoms with Crippen LogP contribution in [-0.4, -0.2) is 22.1 Å². The lowest BCUT2D eigenvalue weighted by molar-refractivity contribution is 0.188. The molecule has 4 heteroatoms. The Morgan fingerprint density at radius 3 is 3.09 bits per heavy atom. The third kappa shape index (κ3) is 3.18. The average Bonchev–Trinajstić information content (AvgIpc) is 2.52. The van der Waals surface area contributed by atoms with Gasteiger partial charge in [0.15, 0.2) is 0 Å². The van der Waals surface area contributed by atoms with Crippen LogP contribution >= 0.6 is 22.9 Å². The molecule has 1 aromatic rings. The van der Waals surface area contributed by atoms with Crippen molar-refractivity contribution in [3.63, 3.8) is 0 Å². The summed E-state index contributed by atoms with van der Waals surface area (Å²) in [7, 11) is 0. The molecule has 0 saturated heterocycles. The molecule has 0 saturated carbocycles. The molecule has 0 fully saturated rings. The van der Waals surface area contributed by atoms with Gasteiger partial charge in [0.2, 0.25) is 0 Å². The second kappa shape index (κ2) is 4.70. The minimum Gasteiger partial charge on any atom is -0.392 e. The number of hydrogen-bond donors (Lipinski definition) is 1. The smallest absolute Gasteiger partial charge is 0.0925 e. The third-order valence-corrected chi connectivity index (χ3v) is 2.55. The van der Waals surface area contributed by atoms with Crippen LogP contribution in [0.3, 0.4) is 0 Å². The van der Waals surface area contributed by atoms with Crippen molar-refractivity contribution in [3.05, 3.63) is 16.6 Å². The van der Waals surface area contributed by atoms with Crippen molar-refractivity contribution in [2.75, 3.05) is 5.88 Å². The number of aliphatic hydroxyl groups excluding tert-OH is 1. The highest BCUT2D eigenvalue weighted by molar-refractivity contribution is 7.09. The van der Waals surface area contributed by atoms with Crippen molar-refractivity contribution in [3.8, 4) is 0 Å². The predicted octanol–water partition coefficient (Wildman–Crippen LogP) is 1.68. The van der Waals surface area contributed by atoms with Crippen LogP contribution in [-0.2, 0) is 6.42 Å². The van der Waals surface area contributed by atoms with Gasteiger partial charge in [0.05, 0.1) is 11.1 Å². The number of halogens is 1. The first-order chi connectivity index (χ1) is 5.33. The first-order valence-corrected chi connectivity index (χ1v) is 4.86. The van der Waals surface area contributed by atoms with Gasteiger partial charge in [-0.2, -0.15) is 0 Å². The Morgan fingerprint density at radius 1 is 1.73 bits per heavy atom. The van der Waals surface area contributed by atoms with Crippen molar-refractivity contribution < 1.29 is 5.11 Å². The summed E-state index contributed by atoms with van der Waals surface area (Å²) in [5, 5.41) is 12.1. The fourth-order valence-electron chi connectivity index (χ4n) is 0.744. The van der Waals surface area contributed by atoms with Gasteiger partial charge in [-0.05, 0) is 6.42 Å². The molecule has 0 aliphatic heterocycles. The van der Waals surface area contributed by atoms with Crippen LogP contribution in [0.5, 0.6) is 0 Å². The zero-order valence-electron chi connectivity index (χ0n) is 6.03. The molecule has 0 bridgehead atoms. The summed E-state index contributed by atoms with van der Waals surface area (Å²) in [6.07, 6.45) is 2.91. The monoisotopic (exact) mass is 191 g/mol. The minimum atomic E-state index is -0.388. The number of hydrogen-bond acceptors (Lipinski definition) is 3. The lowest BCUT2D eigenvalue weighted by atomic mass is 10.2. The average molecular weight is 192 g/mol. The lowest BCUT2D eigenvalue weighted by Gasteiger charge is -2.02. The first kappa shape index (κ1) is 8.97. The fourth-order valence-corrected chi connectivity index (χ4v) is 1.53. The van der Waals surface area contributed by atoms with Gasteiger partial charge in [-0.3, -0.25) is 0 Å². The maximum absolute atomic E-state index is 9.10. The molecule has 62 valence electrons. The molecule has 0 aromatic carbocycles. The molecule has 1 N–H and O–H groups in total.